The van der Waals surface area contributed by atoms with Gasteiger partial charge in [0.15, 0.2) is 0 Å². The molecule has 0 aliphatic heterocycles. The molecule has 0 amide bonds. The van der Waals surface area contributed by atoms with Crippen molar-refractivity contribution < 1.29 is 4.42 Å². The monoisotopic (exact) mass is 279 g/mol. The Balaban J connectivity index is 2.33. The van der Waals surface area contributed by atoms with E-state index in [1.807, 2.05) is 38.1 Å². The van der Waals surface area contributed by atoms with Gasteiger partial charge in [0, 0.05) is 4.88 Å². The summed E-state index contributed by atoms with van der Waals surface area (Å²) in [5.74, 6) is 3.56. The van der Waals surface area contributed by atoms with Crippen molar-refractivity contribution in [3.8, 4) is 12.3 Å². The van der Waals surface area contributed by atoms with Crippen molar-refractivity contribution in [3.63, 3.8) is 0 Å². The van der Waals surface area contributed by atoms with E-state index in [9.17, 15) is 0 Å². The van der Waals surface area contributed by atoms with Crippen LogP contribution in [-0.4, -0.2) is 5.54 Å². The van der Waals surface area contributed by atoms with Gasteiger partial charge in [-0.25, -0.2) is 0 Å². The lowest BCUT2D eigenvalue weighted by atomic mass is 10.0. The molecular formula is C14H14ClNOS. The summed E-state index contributed by atoms with van der Waals surface area (Å²) in [6, 6.07) is 7.57. The minimum atomic E-state index is -0.423. The molecular weight excluding hydrogens is 266 g/mol. The van der Waals surface area contributed by atoms with Crippen LogP contribution in [0.25, 0.3) is 0 Å². The first-order valence-corrected chi connectivity index (χ1v) is 6.75. The molecule has 18 heavy (non-hydrogen) atoms. The first-order valence-electron chi connectivity index (χ1n) is 5.56. The summed E-state index contributed by atoms with van der Waals surface area (Å²) >= 11 is 7.51. The maximum absolute atomic E-state index is 5.99. The highest BCUT2D eigenvalue weighted by atomic mass is 35.5. The van der Waals surface area contributed by atoms with E-state index >= 15 is 0 Å². The standard InChI is InChI=1S/C14H14ClNOS/c1-4-14(2,3)16-13(10-6-5-9-17-10)11-7-8-12(15)18-11/h1,5-9,13,16H,2-3H3. The first kappa shape index (κ1) is 13.2. The predicted octanol–water partition coefficient (Wildman–Crippen LogP) is 4.09. The summed E-state index contributed by atoms with van der Waals surface area (Å²) in [5, 5.41) is 3.40. The van der Waals surface area contributed by atoms with Gasteiger partial charge in [0.05, 0.1) is 16.1 Å². The van der Waals surface area contributed by atoms with E-state index in [-0.39, 0.29) is 6.04 Å². The summed E-state index contributed by atoms with van der Waals surface area (Å²) < 4.78 is 6.23. The Hall–Kier alpha value is -1.21. The Morgan fingerprint density at radius 3 is 2.72 bits per heavy atom. The van der Waals surface area contributed by atoms with Gasteiger partial charge >= 0.3 is 0 Å². The van der Waals surface area contributed by atoms with Crippen LogP contribution in [0.15, 0.2) is 34.9 Å². The van der Waals surface area contributed by atoms with Gasteiger partial charge in [-0.15, -0.1) is 17.8 Å². The molecule has 0 saturated heterocycles. The molecule has 94 valence electrons. The minimum Gasteiger partial charge on any atom is -0.467 e. The zero-order valence-electron chi connectivity index (χ0n) is 10.2. The second kappa shape index (κ2) is 5.19. The maximum Gasteiger partial charge on any atom is 0.126 e. The largest absolute Gasteiger partial charge is 0.467 e. The molecule has 2 heterocycles. The minimum absolute atomic E-state index is 0.0800. The predicted molar refractivity (Wildman–Crippen MR) is 75.9 cm³/mol. The van der Waals surface area contributed by atoms with Gasteiger partial charge in [0.1, 0.15) is 11.8 Å². The summed E-state index contributed by atoms with van der Waals surface area (Å²) in [6.07, 6.45) is 7.18. The van der Waals surface area contributed by atoms with Crippen molar-refractivity contribution >= 4 is 22.9 Å². The third-order valence-corrected chi connectivity index (χ3v) is 3.87. The Labute approximate surface area is 116 Å². The molecule has 0 spiro atoms. The van der Waals surface area contributed by atoms with E-state index in [0.717, 1.165) is 15.0 Å². The molecule has 0 bridgehead atoms. The summed E-state index contributed by atoms with van der Waals surface area (Å²) in [7, 11) is 0. The lowest BCUT2D eigenvalue weighted by Crippen LogP contribution is -2.40. The SMILES string of the molecule is C#CC(C)(C)NC(c1ccco1)c1ccc(Cl)s1. The number of hydrogen-bond acceptors (Lipinski definition) is 3. The fourth-order valence-electron chi connectivity index (χ4n) is 1.62. The molecule has 0 radical (unpaired) electrons. The third-order valence-electron chi connectivity index (χ3n) is 2.57. The van der Waals surface area contributed by atoms with Crippen LogP contribution < -0.4 is 5.32 Å². The molecule has 1 atom stereocenters. The molecule has 2 aromatic heterocycles. The molecule has 2 aromatic rings. The van der Waals surface area contributed by atoms with Gasteiger partial charge in [-0.3, -0.25) is 5.32 Å². The normalized spacial score (nSPS) is 13.2. The Kier molecular flexibility index (Phi) is 3.82. The molecule has 0 aromatic carbocycles. The number of halogens is 1. The maximum atomic E-state index is 5.99. The smallest absolute Gasteiger partial charge is 0.126 e. The van der Waals surface area contributed by atoms with Gasteiger partial charge in [-0.1, -0.05) is 17.5 Å². The van der Waals surface area contributed by atoms with Crippen LogP contribution in [0.4, 0.5) is 0 Å². The number of nitrogens with one attached hydrogen (secondary N) is 1. The third kappa shape index (κ3) is 2.97. The van der Waals surface area contributed by atoms with Crippen LogP contribution in [-0.2, 0) is 0 Å². The molecule has 4 heteroatoms. The molecule has 0 saturated carbocycles. The van der Waals surface area contributed by atoms with E-state index in [0.29, 0.717) is 0 Å². The van der Waals surface area contributed by atoms with E-state index in [2.05, 4.69) is 11.2 Å². The number of thiophene rings is 1. The molecule has 1 unspecified atom stereocenters. The second-order valence-electron chi connectivity index (χ2n) is 4.50. The van der Waals surface area contributed by atoms with Gasteiger partial charge in [-0.05, 0) is 38.1 Å². The number of hydrogen-bond donors (Lipinski definition) is 1. The highest BCUT2D eigenvalue weighted by Crippen LogP contribution is 2.32. The zero-order valence-corrected chi connectivity index (χ0v) is 11.8. The van der Waals surface area contributed by atoms with E-state index in [4.69, 9.17) is 22.4 Å². The second-order valence-corrected chi connectivity index (χ2v) is 6.25. The van der Waals surface area contributed by atoms with Crippen molar-refractivity contribution in [3.05, 3.63) is 45.5 Å². The first-order chi connectivity index (χ1) is 8.52. The zero-order chi connectivity index (χ0) is 13.2. The van der Waals surface area contributed by atoms with Crippen molar-refractivity contribution in [1.82, 2.24) is 5.32 Å². The highest BCUT2D eigenvalue weighted by Gasteiger charge is 2.25. The fourth-order valence-corrected chi connectivity index (χ4v) is 2.74. The Morgan fingerprint density at radius 2 is 2.22 bits per heavy atom. The topological polar surface area (TPSA) is 25.2 Å². The number of terminal acetylenes is 1. The summed E-state index contributed by atoms with van der Waals surface area (Å²) in [4.78, 5) is 1.08. The molecule has 0 aliphatic carbocycles. The van der Waals surface area contributed by atoms with Gasteiger partial charge in [-0.2, -0.15) is 0 Å². The average molecular weight is 280 g/mol. The van der Waals surface area contributed by atoms with Crippen LogP contribution in [0, 0.1) is 12.3 Å². The lowest BCUT2D eigenvalue weighted by molar-refractivity contribution is 0.390. The van der Waals surface area contributed by atoms with Crippen molar-refractivity contribution in [2.45, 2.75) is 25.4 Å². The highest BCUT2D eigenvalue weighted by molar-refractivity contribution is 7.16. The average Bonchev–Trinajstić information content (AvgIpc) is 2.97. The van der Waals surface area contributed by atoms with Crippen molar-refractivity contribution in [2.24, 2.45) is 0 Å². The fraction of sp³-hybridized carbons (Fsp3) is 0.286. The number of rotatable bonds is 4. The summed E-state index contributed by atoms with van der Waals surface area (Å²) in [6.45, 7) is 3.91. The van der Waals surface area contributed by atoms with Crippen molar-refractivity contribution in [1.29, 1.82) is 0 Å². The van der Waals surface area contributed by atoms with E-state index in [1.54, 1.807) is 6.26 Å². The molecule has 0 aliphatic rings. The summed E-state index contributed by atoms with van der Waals surface area (Å²) in [5.41, 5.74) is -0.423. The van der Waals surface area contributed by atoms with Crippen molar-refractivity contribution in [2.75, 3.05) is 0 Å². The van der Waals surface area contributed by atoms with Gasteiger partial charge < -0.3 is 4.42 Å². The molecule has 2 nitrogen and oxygen atoms in total. The van der Waals surface area contributed by atoms with E-state index in [1.165, 1.54) is 11.3 Å². The van der Waals surface area contributed by atoms with Gasteiger partial charge in [0.2, 0.25) is 0 Å². The number of furan rings is 1. The van der Waals surface area contributed by atoms with E-state index < -0.39 is 5.54 Å². The Morgan fingerprint density at radius 1 is 1.44 bits per heavy atom. The van der Waals surface area contributed by atoms with Crippen LogP contribution in [0.5, 0.6) is 0 Å². The van der Waals surface area contributed by atoms with Crippen LogP contribution in [0.3, 0.4) is 0 Å². The van der Waals surface area contributed by atoms with Crippen LogP contribution >= 0.6 is 22.9 Å². The van der Waals surface area contributed by atoms with Crippen LogP contribution in [0.1, 0.15) is 30.5 Å². The lowest BCUT2D eigenvalue weighted by Gasteiger charge is -2.25. The Bertz CT molecular complexity index is 551. The molecule has 1 N–H and O–H groups in total. The van der Waals surface area contributed by atoms with Crippen LogP contribution in [0.2, 0.25) is 4.34 Å². The van der Waals surface area contributed by atoms with Gasteiger partial charge in [0.25, 0.3) is 0 Å². The quantitative estimate of drug-likeness (QED) is 0.853. The molecule has 2 rings (SSSR count). The molecule has 0 fully saturated rings.